The van der Waals surface area contributed by atoms with E-state index in [0.29, 0.717) is 5.69 Å². The molecule has 139 valence electrons. The van der Waals surface area contributed by atoms with E-state index in [2.05, 4.69) is 37.0 Å². The number of carbonyl (C=O) groups is 1. The van der Waals surface area contributed by atoms with Crippen LogP contribution in [0.25, 0.3) is 0 Å². The summed E-state index contributed by atoms with van der Waals surface area (Å²) in [6, 6.07) is 11.8. The average molecular weight is 545 g/mol. The molecule has 0 N–H and O–H groups in total. The number of rotatable bonds is 5. The van der Waals surface area contributed by atoms with Gasteiger partial charge in [0.05, 0.1) is 17.1 Å². The van der Waals surface area contributed by atoms with Crippen LogP contribution in [-0.2, 0) is 12.8 Å². The maximum atomic E-state index is 11.5. The van der Waals surface area contributed by atoms with Crippen molar-refractivity contribution in [3.63, 3.8) is 0 Å². The van der Waals surface area contributed by atoms with Crippen molar-refractivity contribution in [1.82, 2.24) is 4.98 Å². The Balaban J connectivity index is 0.000000765. The predicted octanol–water partition coefficient (Wildman–Crippen LogP) is 6.62. The molecule has 3 nitrogen and oxygen atoms in total. The maximum absolute atomic E-state index is 11.5. The number of para-hydroxylation sites is 1. The van der Waals surface area contributed by atoms with Gasteiger partial charge in [-0.3, -0.25) is 9.79 Å². The number of benzene rings is 1. The second-order valence-corrected chi connectivity index (χ2v) is 19.6. The number of halogens is 3. The number of carbonyl (C=O) groups excluding carboxylic acids is 1. The minimum absolute atomic E-state index is 0.0298. The Hall–Kier alpha value is -0.0694. The van der Waals surface area contributed by atoms with Crippen LogP contribution in [-0.4, -0.2) is 16.5 Å². The molecule has 0 atom stereocenters. The van der Waals surface area contributed by atoms with Gasteiger partial charge in [-0.15, -0.1) is 0 Å². The van der Waals surface area contributed by atoms with Crippen molar-refractivity contribution in [2.45, 2.75) is 40.5 Å². The second-order valence-electron chi connectivity index (χ2n) is 5.51. The molecule has 0 amide bonds. The zero-order valence-corrected chi connectivity index (χ0v) is 20.8. The summed E-state index contributed by atoms with van der Waals surface area (Å²) < 4.78 is 0. The molecule has 0 saturated carbocycles. The first-order valence-electron chi connectivity index (χ1n) is 8.27. The first-order chi connectivity index (χ1) is 12.3. The van der Waals surface area contributed by atoms with Crippen LogP contribution in [0.3, 0.4) is 0 Å². The number of pyridine rings is 1. The van der Waals surface area contributed by atoms with Gasteiger partial charge >= 0.3 is 47.3 Å². The number of hydrogen-bond donors (Lipinski definition) is 0. The minimum atomic E-state index is -2.24. The summed E-state index contributed by atoms with van der Waals surface area (Å²) in [4.78, 5) is 20.7. The van der Waals surface area contributed by atoms with Crippen LogP contribution in [0.4, 0.5) is 5.69 Å². The van der Waals surface area contributed by atoms with Crippen LogP contribution in [0, 0.1) is 29.9 Å². The Morgan fingerprint density at radius 3 is 1.88 bits per heavy atom. The molecule has 0 saturated heterocycles. The number of Topliss-reactive ketones (excluding diaryl/α,β-unsaturated/α-hetero) is 1. The van der Waals surface area contributed by atoms with Crippen LogP contribution in [0.1, 0.15) is 55.0 Å². The first kappa shape index (κ1) is 24.0. The Morgan fingerprint density at radius 1 is 0.962 bits per heavy atom. The molecule has 0 aliphatic carbocycles. The van der Waals surface area contributed by atoms with E-state index in [9.17, 15) is 4.79 Å². The monoisotopic (exact) mass is 541 g/mol. The normalized spacial score (nSPS) is 10.8. The zero-order valence-electron chi connectivity index (χ0n) is 15.3. The molecule has 2 rings (SSSR count). The number of nitrogens with zero attached hydrogens (tertiary/aromatic N) is 2. The Bertz CT molecular complexity index is 754. The van der Waals surface area contributed by atoms with Crippen LogP contribution in [0.5, 0.6) is 0 Å². The van der Waals surface area contributed by atoms with Crippen LogP contribution >= 0.6 is 17.4 Å². The van der Waals surface area contributed by atoms with Gasteiger partial charge < -0.3 is 0 Å². The molecule has 0 unspecified atom stereocenters. The zero-order chi connectivity index (χ0) is 19.7. The quantitative estimate of drug-likeness (QED) is 0.314. The van der Waals surface area contributed by atoms with Gasteiger partial charge in [-0.05, 0) is 43.0 Å². The van der Waals surface area contributed by atoms with E-state index in [-0.39, 0.29) is 5.78 Å². The molecule has 0 bridgehead atoms. The predicted molar refractivity (Wildman–Crippen MR) is 109 cm³/mol. The molecule has 0 aliphatic rings. The summed E-state index contributed by atoms with van der Waals surface area (Å²) in [6.45, 7) is 7.74. The van der Waals surface area contributed by atoms with Gasteiger partial charge in [0.25, 0.3) is 0 Å². The SMILES string of the molecule is CCc1cccc(CC)c1N=C(C)c1cccc(C(C)=O)n1.[Cl][Nd]([Cl])[Cl]. The van der Waals surface area contributed by atoms with Crippen molar-refractivity contribution in [2.75, 3.05) is 0 Å². The fraction of sp³-hybridized carbons (Fsp3) is 0.316. The molecule has 1 aromatic heterocycles. The van der Waals surface area contributed by atoms with E-state index in [0.717, 1.165) is 29.9 Å². The number of ketones is 1. The number of aliphatic imine (C=N–C) groups is 1. The molecule has 1 aromatic carbocycles. The Labute approximate surface area is 176 Å². The van der Waals surface area contributed by atoms with Crippen molar-refractivity contribution in [2.24, 2.45) is 4.99 Å². The number of aromatic nitrogens is 1. The molecule has 26 heavy (non-hydrogen) atoms. The van der Waals surface area contributed by atoms with Gasteiger partial charge in [-0.2, -0.15) is 0 Å². The fourth-order valence-electron chi connectivity index (χ4n) is 2.42. The van der Waals surface area contributed by atoms with Crippen molar-refractivity contribution in [3.05, 3.63) is 58.9 Å². The molecule has 7 heteroatoms. The summed E-state index contributed by atoms with van der Waals surface area (Å²) in [7, 11) is 0. The number of hydrogen-bond acceptors (Lipinski definition) is 3. The third-order valence-electron chi connectivity index (χ3n) is 3.72. The molecule has 2 aromatic rings. The molecule has 0 aliphatic heterocycles. The molecule has 0 radical (unpaired) electrons. The van der Waals surface area contributed by atoms with Crippen LogP contribution in [0.15, 0.2) is 41.4 Å². The average Bonchev–Trinajstić information content (AvgIpc) is 2.61. The van der Waals surface area contributed by atoms with Gasteiger partial charge in [-0.25, -0.2) is 4.98 Å². The summed E-state index contributed by atoms with van der Waals surface area (Å²) in [5.41, 5.74) is 5.58. The van der Waals surface area contributed by atoms with Crippen LogP contribution < -0.4 is 0 Å². The topological polar surface area (TPSA) is 42.3 Å². The Morgan fingerprint density at radius 2 is 1.42 bits per heavy atom. The van der Waals surface area contributed by atoms with E-state index in [1.54, 1.807) is 6.07 Å². The van der Waals surface area contributed by atoms with E-state index in [1.807, 2.05) is 19.1 Å². The number of aryl methyl sites for hydroxylation is 2. The first-order valence-corrected chi connectivity index (χ1v) is 20.3. The third kappa shape index (κ3) is 7.89. The summed E-state index contributed by atoms with van der Waals surface area (Å²) in [5, 5.41) is 0. The van der Waals surface area contributed by atoms with E-state index >= 15 is 0 Å². The van der Waals surface area contributed by atoms with E-state index in [4.69, 9.17) is 22.4 Å². The molecular formula is C19H22Cl3N2NdO. The summed E-state index contributed by atoms with van der Waals surface area (Å²) >= 11 is -2.24. The fourth-order valence-corrected chi connectivity index (χ4v) is 2.42. The van der Waals surface area contributed by atoms with Crippen molar-refractivity contribution < 1.29 is 34.7 Å². The summed E-state index contributed by atoms with van der Waals surface area (Å²) in [6.07, 6.45) is 1.89. The summed E-state index contributed by atoms with van der Waals surface area (Å²) in [5.74, 6) is 15.0. The Kier molecular flexibility index (Phi) is 11.4. The van der Waals surface area contributed by atoms with Gasteiger partial charge in [0.2, 0.25) is 0 Å². The third-order valence-corrected chi connectivity index (χ3v) is 3.72. The van der Waals surface area contributed by atoms with Crippen molar-refractivity contribution in [3.8, 4) is 0 Å². The van der Waals surface area contributed by atoms with Gasteiger partial charge in [0.1, 0.15) is 5.69 Å². The van der Waals surface area contributed by atoms with Crippen LogP contribution in [0.2, 0.25) is 0 Å². The molecule has 1 heterocycles. The molecular weight excluding hydrogens is 523 g/mol. The van der Waals surface area contributed by atoms with Gasteiger partial charge in [0.15, 0.2) is 5.78 Å². The second kappa shape index (κ2) is 12.4. The standard InChI is InChI=1S/C19H22N2O.3ClH.Nd/c1-5-15-9-7-10-16(6-2)19(15)20-13(3)17-11-8-12-18(21-17)14(4)22;;;;/h7-12H,5-6H2,1-4H3;3*1H;/q;;;;+3/p-3. The van der Waals surface area contributed by atoms with Gasteiger partial charge in [0, 0.05) is 6.92 Å². The molecule has 0 fully saturated rings. The van der Waals surface area contributed by atoms with E-state index in [1.165, 1.54) is 18.1 Å². The van der Waals surface area contributed by atoms with E-state index < -0.39 is 29.9 Å². The van der Waals surface area contributed by atoms with Gasteiger partial charge in [-0.1, -0.05) is 38.1 Å². The van der Waals surface area contributed by atoms with Crippen molar-refractivity contribution >= 4 is 34.6 Å². The molecule has 0 spiro atoms. The van der Waals surface area contributed by atoms with Crippen molar-refractivity contribution in [1.29, 1.82) is 0 Å².